The molecule has 3 nitrogen and oxygen atoms in total. The largest absolute Gasteiger partial charge is 0.489 e. The number of ether oxygens (including phenoxy) is 2. The molecule has 118 valence electrons. The number of hydrogen-bond donors (Lipinski definition) is 1. The van der Waals surface area contributed by atoms with Crippen LogP contribution in [-0.4, -0.2) is 25.3 Å². The van der Waals surface area contributed by atoms with Crippen molar-refractivity contribution in [2.45, 2.75) is 25.1 Å². The van der Waals surface area contributed by atoms with E-state index >= 15 is 0 Å². The van der Waals surface area contributed by atoms with E-state index < -0.39 is 0 Å². The van der Waals surface area contributed by atoms with E-state index in [0.29, 0.717) is 18.7 Å². The van der Waals surface area contributed by atoms with Crippen LogP contribution in [0.1, 0.15) is 17.5 Å². The lowest BCUT2D eigenvalue weighted by molar-refractivity contribution is 0.0561. The van der Waals surface area contributed by atoms with Gasteiger partial charge in [0.2, 0.25) is 0 Å². The first kappa shape index (κ1) is 14.5. The topological polar surface area (TPSA) is 30.5 Å². The molecular formula is C20H21NO2. The Balaban J connectivity index is 1.43. The fourth-order valence-electron chi connectivity index (χ4n) is 3.25. The van der Waals surface area contributed by atoms with Crippen molar-refractivity contribution >= 4 is 5.57 Å². The average Bonchev–Trinajstić information content (AvgIpc) is 2.61. The van der Waals surface area contributed by atoms with Gasteiger partial charge in [0.05, 0.1) is 13.2 Å². The summed E-state index contributed by atoms with van der Waals surface area (Å²) in [5, 5.41) is 3.58. The first-order valence-corrected chi connectivity index (χ1v) is 8.18. The van der Waals surface area contributed by atoms with Crippen molar-refractivity contribution in [2.24, 2.45) is 0 Å². The molecule has 2 atom stereocenters. The fraction of sp³-hybridized carbons (Fsp3) is 0.300. The zero-order valence-electron chi connectivity index (χ0n) is 13.1. The van der Waals surface area contributed by atoms with Crippen LogP contribution in [0.2, 0.25) is 0 Å². The monoisotopic (exact) mass is 307 g/mol. The number of fused-ring (bicyclic) bond motifs is 2. The van der Waals surface area contributed by atoms with Crippen LogP contribution in [-0.2, 0) is 11.3 Å². The van der Waals surface area contributed by atoms with Crippen molar-refractivity contribution in [3.8, 4) is 5.75 Å². The van der Waals surface area contributed by atoms with Crippen molar-refractivity contribution < 1.29 is 9.47 Å². The Labute approximate surface area is 136 Å². The van der Waals surface area contributed by atoms with E-state index in [2.05, 4.69) is 47.8 Å². The fourth-order valence-corrected chi connectivity index (χ4v) is 3.25. The van der Waals surface area contributed by atoms with E-state index in [4.69, 9.17) is 9.47 Å². The first-order chi connectivity index (χ1) is 11.4. The van der Waals surface area contributed by atoms with Crippen LogP contribution >= 0.6 is 0 Å². The Bertz CT molecular complexity index is 679. The molecule has 1 fully saturated rings. The number of nitrogens with one attached hydrogen (secondary N) is 1. The van der Waals surface area contributed by atoms with Crippen LogP contribution in [0, 0.1) is 0 Å². The molecular weight excluding hydrogens is 286 g/mol. The summed E-state index contributed by atoms with van der Waals surface area (Å²) in [6.07, 6.45) is 3.33. The summed E-state index contributed by atoms with van der Waals surface area (Å²) in [7, 11) is 0. The average molecular weight is 307 g/mol. The summed E-state index contributed by atoms with van der Waals surface area (Å²) in [5.41, 5.74) is 3.89. The molecule has 23 heavy (non-hydrogen) atoms. The Kier molecular flexibility index (Phi) is 4.14. The molecule has 2 aromatic carbocycles. The molecule has 2 aliphatic rings. The van der Waals surface area contributed by atoms with Gasteiger partial charge >= 0.3 is 0 Å². The minimum Gasteiger partial charge on any atom is -0.489 e. The van der Waals surface area contributed by atoms with Crippen LogP contribution < -0.4 is 10.1 Å². The van der Waals surface area contributed by atoms with Crippen LogP contribution in [0.15, 0.2) is 60.7 Å². The van der Waals surface area contributed by atoms with Gasteiger partial charge in [0.1, 0.15) is 12.4 Å². The van der Waals surface area contributed by atoms with Gasteiger partial charge in [0.15, 0.2) is 0 Å². The Hall–Kier alpha value is -2.10. The number of benzene rings is 2. The summed E-state index contributed by atoms with van der Waals surface area (Å²) in [5.74, 6) is 0.913. The third-order valence-corrected chi connectivity index (χ3v) is 4.41. The summed E-state index contributed by atoms with van der Waals surface area (Å²) in [6, 6.07) is 19.5. The van der Waals surface area contributed by atoms with E-state index in [1.807, 2.05) is 18.2 Å². The highest BCUT2D eigenvalue weighted by atomic mass is 16.5. The molecule has 2 aromatic rings. The molecule has 0 amide bonds. The van der Waals surface area contributed by atoms with Gasteiger partial charge in [0.25, 0.3) is 0 Å². The van der Waals surface area contributed by atoms with Crippen LogP contribution in [0.5, 0.6) is 5.75 Å². The Morgan fingerprint density at radius 3 is 2.61 bits per heavy atom. The third kappa shape index (κ3) is 3.46. The highest BCUT2D eigenvalue weighted by Crippen LogP contribution is 2.28. The number of hydrogen-bond acceptors (Lipinski definition) is 3. The zero-order valence-corrected chi connectivity index (χ0v) is 13.1. The van der Waals surface area contributed by atoms with Crippen molar-refractivity contribution in [3.05, 3.63) is 71.8 Å². The van der Waals surface area contributed by atoms with Crippen molar-refractivity contribution in [1.82, 2.24) is 5.32 Å². The molecule has 0 saturated carbocycles. The Morgan fingerprint density at radius 1 is 1.00 bits per heavy atom. The van der Waals surface area contributed by atoms with Gasteiger partial charge in [-0.2, -0.15) is 0 Å². The second-order valence-electron chi connectivity index (χ2n) is 6.20. The van der Waals surface area contributed by atoms with Crippen LogP contribution in [0.4, 0.5) is 0 Å². The molecule has 1 saturated heterocycles. The quantitative estimate of drug-likeness (QED) is 0.939. The van der Waals surface area contributed by atoms with E-state index in [-0.39, 0.29) is 0 Å². The second kappa shape index (κ2) is 6.57. The van der Waals surface area contributed by atoms with Gasteiger partial charge in [-0.25, -0.2) is 0 Å². The van der Waals surface area contributed by atoms with E-state index in [0.717, 1.165) is 25.4 Å². The normalized spacial score (nSPS) is 23.2. The highest BCUT2D eigenvalue weighted by molar-refractivity contribution is 5.68. The van der Waals surface area contributed by atoms with Crippen molar-refractivity contribution in [1.29, 1.82) is 0 Å². The molecule has 4 rings (SSSR count). The molecule has 0 aromatic heterocycles. The van der Waals surface area contributed by atoms with Crippen LogP contribution in [0.3, 0.4) is 0 Å². The van der Waals surface area contributed by atoms with Gasteiger partial charge in [-0.05, 0) is 35.3 Å². The van der Waals surface area contributed by atoms with Gasteiger partial charge in [-0.15, -0.1) is 0 Å². The van der Waals surface area contributed by atoms with Gasteiger partial charge in [-0.3, -0.25) is 0 Å². The maximum atomic E-state index is 5.86. The minimum absolute atomic E-state index is 0.353. The van der Waals surface area contributed by atoms with Gasteiger partial charge in [0, 0.05) is 12.1 Å². The first-order valence-electron chi connectivity index (χ1n) is 8.18. The zero-order chi connectivity index (χ0) is 15.5. The predicted molar refractivity (Wildman–Crippen MR) is 91.3 cm³/mol. The molecule has 0 aliphatic carbocycles. The van der Waals surface area contributed by atoms with Gasteiger partial charge < -0.3 is 14.8 Å². The molecule has 3 heteroatoms. The summed E-state index contributed by atoms with van der Waals surface area (Å²) >= 11 is 0. The molecule has 2 bridgehead atoms. The predicted octanol–water partition coefficient (Wildman–Crippen LogP) is 3.41. The molecule has 2 heterocycles. The van der Waals surface area contributed by atoms with Gasteiger partial charge in [-0.1, -0.05) is 48.5 Å². The maximum Gasteiger partial charge on any atom is 0.119 e. The smallest absolute Gasteiger partial charge is 0.119 e. The van der Waals surface area contributed by atoms with E-state index in [1.165, 1.54) is 16.7 Å². The molecule has 2 aliphatic heterocycles. The maximum absolute atomic E-state index is 5.86. The molecule has 2 unspecified atom stereocenters. The minimum atomic E-state index is 0.353. The highest BCUT2D eigenvalue weighted by Gasteiger charge is 2.26. The van der Waals surface area contributed by atoms with E-state index in [9.17, 15) is 0 Å². The lowest BCUT2D eigenvalue weighted by Crippen LogP contribution is -2.50. The van der Waals surface area contributed by atoms with Crippen molar-refractivity contribution in [3.63, 3.8) is 0 Å². The summed E-state index contributed by atoms with van der Waals surface area (Å²) in [6.45, 7) is 2.19. The third-order valence-electron chi connectivity index (χ3n) is 4.41. The molecule has 0 radical (unpaired) electrons. The lowest BCUT2D eigenvalue weighted by atomic mass is 9.92. The molecule has 1 N–H and O–H groups in total. The number of rotatable bonds is 4. The Morgan fingerprint density at radius 2 is 1.83 bits per heavy atom. The van der Waals surface area contributed by atoms with E-state index in [1.54, 1.807) is 0 Å². The lowest BCUT2D eigenvalue weighted by Gasteiger charge is -2.35. The standard InChI is InChI=1S/C20H21NO2/c1-2-4-15(5-3-1)12-23-20-8-6-16(7-9-20)17-10-18-13-22-14-19(11-17)21-18/h1-10,18-19,21H,11-14H2. The molecule has 0 spiro atoms. The van der Waals surface area contributed by atoms with Crippen LogP contribution in [0.25, 0.3) is 5.57 Å². The summed E-state index contributed by atoms with van der Waals surface area (Å²) in [4.78, 5) is 0. The second-order valence-corrected chi connectivity index (χ2v) is 6.20. The van der Waals surface area contributed by atoms with Crippen molar-refractivity contribution in [2.75, 3.05) is 13.2 Å². The SMILES string of the molecule is C1=C(c2ccc(OCc3ccccc3)cc2)CC2COCC1N2. The number of morpholine rings is 1. The summed E-state index contributed by atoms with van der Waals surface area (Å²) < 4.78 is 11.4.